The molecule has 0 spiro atoms. The second-order valence-corrected chi connectivity index (χ2v) is 12.1. The molecule has 0 aliphatic carbocycles. The monoisotopic (exact) mass is 578 g/mol. The Morgan fingerprint density at radius 2 is 1.93 bits per heavy atom. The number of amides is 2. The summed E-state index contributed by atoms with van der Waals surface area (Å²) in [5.41, 5.74) is 2.38. The number of carbonyl (C=O) groups is 2. The van der Waals surface area contributed by atoms with Gasteiger partial charge in [-0.15, -0.1) is 11.3 Å². The predicted octanol–water partition coefficient (Wildman–Crippen LogP) is 3.54. The largest absolute Gasteiger partial charge is 0.508 e. The van der Waals surface area contributed by atoms with E-state index in [0.717, 1.165) is 75.4 Å². The standard InChI is InChI=1S/C30H35FN6O3S/c1-34-12-14-36(15-13-34)23-7-10-35(11-8-23)18-20-3-2-4-21-19-37(29(40)26(20)21)27(24-17-22(31)5-6-25(24)38)28(39)33-30-32-9-16-41-30/h2-6,9,16-17,23,27,38H,7-8,10-15,18-19H2,1H3,(H,32,33,39). The van der Waals surface area contributed by atoms with Crippen LogP contribution >= 0.6 is 11.3 Å². The summed E-state index contributed by atoms with van der Waals surface area (Å²) in [6.45, 7) is 7.24. The topological polar surface area (TPSA) is 92.3 Å². The number of phenols is 1. The van der Waals surface area contributed by atoms with Crippen molar-refractivity contribution in [3.63, 3.8) is 0 Å². The molecule has 3 aliphatic heterocycles. The van der Waals surface area contributed by atoms with Gasteiger partial charge in [0, 0.05) is 68.0 Å². The average Bonchev–Trinajstić information content (AvgIpc) is 3.60. The number of benzene rings is 2. The van der Waals surface area contributed by atoms with E-state index < -0.39 is 17.8 Å². The van der Waals surface area contributed by atoms with Crippen LogP contribution in [-0.2, 0) is 17.9 Å². The van der Waals surface area contributed by atoms with Crippen molar-refractivity contribution in [2.45, 2.75) is 38.0 Å². The van der Waals surface area contributed by atoms with E-state index >= 15 is 0 Å². The van der Waals surface area contributed by atoms with Gasteiger partial charge in [-0.2, -0.15) is 0 Å². The summed E-state index contributed by atoms with van der Waals surface area (Å²) in [7, 11) is 2.18. The van der Waals surface area contributed by atoms with Gasteiger partial charge in [-0.3, -0.25) is 24.7 Å². The van der Waals surface area contributed by atoms with Crippen molar-refractivity contribution < 1.29 is 19.1 Å². The highest BCUT2D eigenvalue weighted by Gasteiger charge is 2.40. The fourth-order valence-electron chi connectivity index (χ4n) is 6.32. The zero-order valence-electron chi connectivity index (χ0n) is 23.1. The first-order chi connectivity index (χ1) is 19.9. The number of aromatic nitrogens is 1. The van der Waals surface area contributed by atoms with Crippen LogP contribution in [0.15, 0.2) is 48.0 Å². The quantitative estimate of drug-likeness (QED) is 0.443. The van der Waals surface area contributed by atoms with Gasteiger partial charge in [0.15, 0.2) is 5.13 Å². The van der Waals surface area contributed by atoms with E-state index in [0.29, 0.717) is 23.3 Å². The van der Waals surface area contributed by atoms with E-state index in [2.05, 4.69) is 32.0 Å². The van der Waals surface area contributed by atoms with Crippen LogP contribution in [0.5, 0.6) is 5.75 Å². The third kappa shape index (κ3) is 5.85. The maximum Gasteiger partial charge on any atom is 0.255 e. The van der Waals surface area contributed by atoms with Crippen molar-refractivity contribution in [3.8, 4) is 5.75 Å². The van der Waals surface area contributed by atoms with Gasteiger partial charge in [-0.25, -0.2) is 9.37 Å². The number of thiazole rings is 1. The van der Waals surface area contributed by atoms with Crippen LogP contribution in [0.4, 0.5) is 9.52 Å². The molecular weight excluding hydrogens is 543 g/mol. The summed E-state index contributed by atoms with van der Waals surface area (Å²) in [6.07, 6.45) is 3.78. The molecule has 0 saturated carbocycles. The third-order valence-electron chi connectivity index (χ3n) is 8.56. The van der Waals surface area contributed by atoms with Crippen LogP contribution < -0.4 is 5.32 Å². The van der Waals surface area contributed by atoms with E-state index in [1.807, 2.05) is 18.2 Å². The van der Waals surface area contributed by atoms with Gasteiger partial charge in [-0.1, -0.05) is 18.2 Å². The van der Waals surface area contributed by atoms with E-state index in [1.165, 1.54) is 22.3 Å². The van der Waals surface area contributed by atoms with Gasteiger partial charge >= 0.3 is 0 Å². The summed E-state index contributed by atoms with van der Waals surface area (Å²) in [6, 6.07) is 8.65. The Hall–Kier alpha value is -3.38. The molecule has 1 aromatic heterocycles. The van der Waals surface area contributed by atoms with Crippen molar-refractivity contribution in [2.75, 3.05) is 51.6 Å². The third-order valence-corrected chi connectivity index (χ3v) is 9.25. The molecule has 3 aromatic rings. The van der Waals surface area contributed by atoms with Crippen LogP contribution in [0.2, 0.25) is 0 Å². The molecule has 11 heteroatoms. The number of piperazine rings is 1. The highest BCUT2D eigenvalue weighted by atomic mass is 32.1. The highest BCUT2D eigenvalue weighted by Crippen LogP contribution is 2.38. The first-order valence-corrected chi connectivity index (χ1v) is 15.0. The van der Waals surface area contributed by atoms with E-state index in [1.54, 1.807) is 11.6 Å². The van der Waals surface area contributed by atoms with Gasteiger partial charge < -0.3 is 14.9 Å². The van der Waals surface area contributed by atoms with Crippen LogP contribution in [0.25, 0.3) is 0 Å². The number of carbonyl (C=O) groups excluding carboxylic acids is 2. The number of nitrogens with one attached hydrogen (secondary N) is 1. The number of phenolic OH excluding ortho intramolecular Hbond substituents is 1. The smallest absolute Gasteiger partial charge is 0.255 e. The van der Waals surface area contributed by atoms with Crippen molar-refractivity contribution in [3.05, 3.63) is 76.0 Å². The molecule has 41 heavy (non-hydrogen) atoms. The van der Waals surface area contributed by atoms with E-state index in [9.17, 15) is 19.1 Å². The molecule has 216 valence electrons. The fourth-order valence-corrected chi connectivity index (χ4v) is 6.86. The van der Waals surface area contributed by atoms with Crippen molar-refractivity contribution >= 4 is 28.3 Å². The number of likely N-dealkylation sites (N-methyl/N-ethyl adjacent to an activating group) is 1. The summed E-state index contributed by atoms with van der Waals surface area (Å²) < 4.78 is 14.3. The Kier molecular flexibility index (Phi) is 8.03. The van der Waals surface area contributed by atoms with E-state index in [-0.39, 0.29) is 23.8 Å². The molecule has 6 rings (SSSR count). The van der Waals surface area contributed by atoms with Crippen LogP contribution in [-0.4, -0.2) is 93.9 Å². The van der Waals surface area contributed by atoms with Crippen LogP contribution in [0.1, 0.15) is 45.9 Å². The van der Waals surface area contributed by atoms with E-state index in [4.69, 9.17) is 0 Å². The average molecular weight is 579 g/mol. The number of aromatic hydroxyl groups is 1. The number of rotatable bonds is 7. The number of nitrogens with zero attached hydrogens (tertiary/aromatic N) is 5. The maximum atomic E-state index is 14.3. The van der Waals surface area contributed by atoms with Crippen LogP contribution in [0, 0.1) is 5.82 Å². The Labute approximate surface area is 243 Å². The molecule has 2 amide bonds. The number of likely N-dealkylation sites (tertiary alicyclic amines) is 1. The second kappa shape index (κ2) is 11.8. The first kappa shape index (κ1) is 27.8. The molecule has 0 bridgehead atoms. The van der Waals surface area contributed by atoms with Crippen molar-refractivity contribution in [1.29, 1.82) is 0 Å². The summed E-state index contributed by atoms with van der Waals surface area (Å²) >= 11 is 1.24. The van der Waals surface area contributed by atoms with Gasteiger partial charge in [0.25, 0.3) is 11.8 Å². The molecule has 3 aliphatic rings. The lowest BCUT2D eigenvalue weighted by Gasteiger charge is -2.42. The minimum absolute atomic E-state index is 0.0349. The molecule has 1 unspecified atom stereocenters. The number of hydrogen-bond acceptors (Lipinski definition) is 8. The number of piperidine rings is 1. The zero-order valence-corrected chi connectivity index (χ0v) is 23.9. The summed E-state index contributed by atoms with van der Waals surface area (Å²) in [4.78, 5) is 40.5. The number of hydrogen-bond donors (Lipinski definition) is 2. The number of anilines is 1. The normalized spacial score (nSPS) is 19.9. The molecular formula is C30H35FN6O3S. The molecule has 2 fully saturated rings. The Bertz CT molecular complexity index is 1400. The van der Waals surface area contributed by atoms with Crippen LogP contribution in [0.3, 0.4) is 0 Å². The SMILES string of the molecule is CN1CCN(C2CCN(Cc3cccc4c3C(=O)N(C(C(=O)Nc3nccs3)c3cc(F)ccc3O)C4)CC2)CC1. The molecule has 4 heterocycles. The zero-order chi connectivity index (χ0) is 28.5. The molecule has 0 radical (unpaired) electrons. The van der Waals surface area contributed by atoms with Gasteiger partial charge in [0.1, 0.15) is 17.6 Å². The molecule has 9 nitrogen and oxygen atoms in total. The van der Waals surface area contributed by atoms with Crippen molar-refractivity contribution in [2.24, 2.45) is 0 Å². The van der Waals surface area contributed by atoms with Gasteiger partial charge in [-0.05, 0) is 62.3 Å². The first-order valence-electron chi connectivity index (χ1n) is 14.1. The minimum atomic E-state index is -1.23. The number of halogens is 1. The minimum Gasteiger partial charge on any atom is -0.508 e. The fraction of sp³-hybridized carbons (Fsp3) is 0.433. The van der Waals surface area contributed by atoms with Gasteiger partial charge in [0.05, 0.1) is 0 Å². The van der Waals surface area contributed by atoms with Crippen molar-refractivity contribution in [1.82, 2.24) is 24.6 Å². The predicted molar refractivity (Wildman–Crippen MR) is 155 cm³/mol. The Morgan fingerprint density at radius 1 is 1.15 bits per heavy atom. The Balaban J connectivity index is 1.20. The second-order valence-electron chi connectivity index (χ2n) is 11.2. The highest BCUT2D eigenvalue weighted by molar-refractivity contribution is 7.13. The molecule has 2 saturated heterocycles. The Morgan fingerprint density at radius 3 is 2.66 bits per heavy atom. The maximum absolute atomic E-state index is 14.3. The molecule has 1 atom stereocenters. The lowest BCUT2D eigenvalue weighted by Crippen LogP contribution is -2.52. The summed E-state index contributed by atoms with van der Waals surface area (Å²) in [5.74, 6) is -1.71. The lowest BCUT2D eigenvalue weighted by atomic mass is 9.99. The van der Waals surface area contributed by atoms with Gasteiger partial charge in [0.2, 0.25) is 0 Å². The number of fused-ring (bicyclic) bond motifs is 1. The molecule has 2 N–H and O–H groups in total. The molecule has 2 aromatic carbocycles. The summed E-state index contributed by atoms with van der Waals surface area (Å²) in [5, 5.41) is 15.4. The lowest BCUT2D eigenvalue weighted by molar-refractivity contribution is -0.120.